The highest BCUT2D eigenvalue weighted by Gasteiger charge is 2.37. The van der Waals surface area contributed by atoms with E-state index in [-0.39, 0.29) is 0 Å². The second-order valence-corrected chi connectivity index (χ2v) is 4.95. The summed E-state index contributed by atoms with van der Waals surface area (Å²) in [6, 6.07) is 0.304. The molecule has 0 bridgehead atoms. The van der Waals surface area contributed by atoms with Gasteiger partial charge in [-0.15, -0.1) is 0 Å². The van der Waals surface area contributed by atoms with Crippen molar-refractivity contribution in [2.75, 3.05) is 6.54 Å². The van der Waals surface area contributed by atoms with E-state index in [0.717, 1.165) is 24.1 Å². The molecule has 1 aliphatic carbocycles. The fourth-order valence-electron chi connectivity index (χ4n) is 3.12. The van der Waals surface area contributed by atoms with Gasteiger partial charge in [-0.25, -0.2) is 4.79 Å². The third-order valence-corrected chi connectivity index (χ3v) is 3.95. The highest BCUT2D eigenvalue weighted by atomic mass is 16.4. The van der Waals surface area contributed by atoms with E-state index in [2.05, 4.69) is 10.3 Å². The average Bonchev–Trinajstić information content (AvgIpc) is 2.67. The van der Waals surface area contributed by atoms with Crippen LogP contribution in [0, 0.1) is 5.92 Å². The van der Waals surface area contributed by atoms with Crippen molar-refractivity contribution in [1.29, 1.82) is 0 Å². The van der Waals surface area contributed by atoms with Crippen LogP contribution in [0.1, 0.15) is 25.7 Å². The van der Waals surface area contributed by atoms with Crippen LogP contribution in [0.15, 0.2) is 27.9 Å². The summed E-state index contributed by atoms with van der Waals surface area (Å²) in [4.78, 5) is 15.4. The largest absolute Gasteiger partial charge is 0.478 e. The SMILES string of the molecule is O=C(O)C1=C2C=NC=C2[C@H]2NCCCCC2C1. The van der Waals surface area contributed by atoms with Crippen LogP contribution in [0.2, 0.25) is 0 Å². The van der Waals surface area contributed by atoms with Gasteiger partial charge in [0.15, 0.2) is 0 Å². The van der Waals surface area contributed by atoms with Gasteiger partial charge in [-0.3, -0.25) is 4.99 Å². The maximum atomic E-state index is 11.3. The van der Waals surface area contributed by atoms with Crippen LogP contribution in [-0.4, -0.2) is 29.9 Å². The summed E-state index contributed by atoms with van der Waals surface area (Å²) < 4.78 is 0. The number of hydrogen-bond acceptors (Lipinski definition) is 3. The van der Waals surface area contributed by atoms with Crippen LogP contribution in [-0.2, 0) is 4.79 Å². The molecular formula is C13H16N2O2. The van der Waals surface area contributed by atoms with Crippen molar-refractivity contribution in [2.45, 2.75) is 31.7 Å². The summed E-state index contributed by atoms with van der Waals surface area (Å²) in [5.74, 6) is -0.373. The molecule has 1 unspecified atom stereocenters. The summed E-state index contributed by atoms with van der Waals surface area (Å²) >= 11 is 0. The van der Waals surface area contributed by atoms with Crippen molar-refractivity contribution in [1.82, 2.24) is 5.32 Å². The lowest BCUT2D eigenvalue weighted by Crippen LogP contribution is -2.40. The number of nitrogens with zero attached hydrogens (tertiary/aromatic N) is 1. The van der Waals surface area contributed by atoms with Gasteiger partial charge in [0, 0.05) is 29.6 Å². The summed E-state index contributed by atoms with van der Waals surface area (Å²) in [6.07, 6.45) is 7.67. The van der Waals surface area contributed by atoms with E-state index in [1.54, 1.807) is 6.21 Å². The summed E-state index contributed by atoms with van der Waals surface area (Å²) in [6.45, 7) is 1.02. The second-order valence-electron chi connectivity index (χ2n) is 4.95. The molecule has 0 aromatic carbocycles. The van der Waals surface area contributed by atoms with Gasteiger partial charge in [0.25, 0.3) is 0 Å². The highest BCUT2D eigenvalue weighted by Crippen LogP contribution is 2.38. The fourth-order valence-corrected chi connectivity index (χ4v) is 3.12. The van der Waals surface area contributed by atoms with E-state index >= 15 is 0 Å². The van der Waals surface area contributed by atoms with Gasteiger partial charge in [0.2, 0.25) is 0 Å². The molecule has 3 aliphatic rings. The van der Waals surface area contributed by atoms with E-state index in [9.17, 15) is 9.90 Å². The summed E-state index contributed by atoms with van der Waals surface area (Å²) in [5, 5.41) is 12.8. The van der Waals surface area contributed by atoms with E-state index in [1.807, 2.05) is 6.20 Å². The number of aliphatic imine (C=N–C) groups is 1. The van der Waals surface area contributed by atoms with Gasteiger partial charge < -0.3 is 10.4 Å². The van der Waals surface area contributed by atoms with Crippen LogP contribution in [0.25, 0.3) is 0 Å². The molecule has 0 aromatic heterocycles. The smallest absolute Gasteiger partial charge is 0.332 e. The molecule has 0 aromatic rings. The van der Waals surface area contributed by atoms with Gasteiger partial charge >= 0.3 is 5.97 Å². The minimum absolute atomic E-state index is 0.304. The molecule has 2 N–H and O–H groups in total. The van der Waals surface area contributed by atoms with Crippen molar-refractivity contribution < 1.29 is 9.90 Å². The molecule has 2 aliphatic heterocycles. The van der Waals surface area contributed by atoms with Crippen molar-refractivity contribution in [3.63, 3.8) is 0 Å². The van der Waals surface area contributed by atoms with Crippen LogP contribution in [0.5, 0.6) is 0 Å². The van der Waals surface area contributed by atoms with Crippen LogP contribution >= 0.6 is 0 Å². The molecule has 4 heteroatoms. The monoisotopic (exact) mass is 232 g/mol. The number of carboxylic acid groups (broad SMARTS) is 1. The maximum absolute atomic E-state index is 11.3. The standard InChI is InChI=1S/C13H16N2O2/c16-13(17)9-5-8-3-1-2-4-15-12(8)11-7-14-6-10(9)11/h6-8,12,15H,1-5H2,(H,16,17)/t8?,12-/m0/s1. The molecular weight excluding hydrogens is 216 g/mol. The predicted octanol–water partition coefficient (Wildman–Crippen LogP) is 1.50. The van der Waals surface area contributed by atoms with Gasteiger partial charge in [0.1, 0.15) is 0 Å². The Morgan fingerprint density at radius 3 is 3.18 bits per heavy atom. The predicted molar refractivity (Wildman–Crippen MR) is 65.0 cm³/mol. The average molecular weight is 232 g/mol. The van der Waals surface area contributed by atoms with Crippen molar-refractivity contribution in [2.24, 2.45) is 10.9 Å². The molecule has 17 heavy (non-hydrogen) atoms. The second kappa shape index (κ2) is 4.11. The topological polar surface area (TPSA) is 61.7 Å². The molecule has 0 amide bonds. The molecule has 0 spiro atoms. The number of carbonyl (C=O) groups is 1. The minimum Gasteiger partial charge on any atom is -0.478 e. The van der Waals surface area contributed by atoms with Crippen LogP contribution in [0.3, 0.4) is 0 Å². The first kappa shape index (κ1) is 10.7. The Labute approximate surface area is 100 Å². The Bertz CT molecular complexity index is 448. The lowest BCUT2D eigenvalue weighted by atomic mass is 9.76. The van der Waals surface area contributed by atoms with E-state index in [1.165, 1.54) is 12.8 Å². The summed E-state index contributed by atoms with van der Waals surface area (Å²) in [7, 11) is 0. The Kier molecular flexibility index (Phi) is 2.59. The van der Waals surface area contributed by atoms with Gasteiger partial charge in [0.05, 0.1) is 0 Å². The Morgan fingerprint density at radius 2 is 2.35 bits per heavy atom. The van der Waals surface area contributed by atoms with E-state index < -0.39 is 5.97 Å². The fraction of sp³-hybridized carbons (Fsp3) is 0.538. The first-order chi connectivity index (χ1) is 8.27. The van der Waals surface area contributed by atoms with Gasteiger partial charge in [-0.1, -0.05) is 6.42 Å². The Balaban J connectivity index is 2.01. The van der Waals surface area contributed by atoms with E-state index in [0.29, 0.717) is 24.0 Å². The summed E-state index contributed by atoms with van der Waals surface area (Å²) in [5.41, 5.74) is 2.47. The van der Waals surface area contributed by atoms with Gasteiger partial charge in [-0.2, -0.15) is 0 Å². The molecule has 2 atom stereocenters. The Morgan fingerprint density at radius 1 is 1.47 bits per heavy atom. The molecule has 4 nitrogen and oxygen atoms in total. The van der Waals surface area contributed by atoms with Crippen molar-refractivity contribution in [3.8, 4) is 0 Å². The lowest BCUT2D eigenvalue weighted by Gasteiger charge is -2.32. The molecule has 1 fully saturated rings. The minimum atomic E-state index is -0.790. The lowest BCUT2D eigenvalue weighted by molar-refractivity contribution is -0.133. The zero-order valence-electron chi connectivity index (χ0n) is 9.65. The van der Waals surface area contributed by atoms with Crippen molar-refractivity contribution >= 4 is 12.2 Å². The number of fused-ring (bicyclic) bond motifs is 3. The number of aliphatic carboxylic acids is 1. The van der Waals surface area contributed by atoms with Crippen molar-refractivity contribution in [3.05, 3.63) is 22.9 Å². The number of nitrogens with one attached hydrogen (secondary N) is 1. The molecule has 0 saturated carbocycles. The molecule has 90 valence electrons. The maximum Gasteiger partial charge on any atom is 0.332 e. The zero-order chi connectivity index (χ0) is 11.8. The highest BCUT2D eigenvalue weighted by molar-refractivity contribution is 6.01. The zero-order valence-corrected chi connectivity index (χ0v) is 9.65. The first-order valence-electron chi connectivity index (χ1n) is 6.21. The Hall–Kier alpha value is -1.42. The third kappa shape index (κ3) is 1.72. The van der Waals surface area contributed by atoms with Crippen LogP contribution < -0.4 is 5.32 Å². The molecule has 1 saturated heterocycles. The number of carboxylic acids is 1. The quantitative estimate of drug-likeness (QED) is 0.720. The number of rotatable bonds is 1. The van der Waals surface area contributed by atoms with Crippen LogP contribution in [0.4, 0.5) is 0 Å². The third-order valence-electron chi connectivity index (χ3n) is 3.95. The van der Waals surface area contributed by atoms with Gasteiger partial charge in [-0.05, 0) is 37.3 Å². The first-order valence-corrected chi connectivity index (χ1v) is 6.21. The molecule has 3 rings (SSSR count). The molecule has 0 radical (unpaired) electrons. The normalized spacial score (nSPS) is 31.6. The van der Waals surface area contributed by atoms with E-state index in [4.69, 9.17) is 0 Å². The number of hydrogen-bond donors (Lipinski definition) is 2. The molecule has 2 heterocycles.